The summed E-state index contributed by atoms with van der Waals surface area (Å²) in [5, 5.41) is 0. The first-order valence-electron chi connectivity index (χ1n) is 3.82. The smallest absolute Gasteiger partial charge is 0.211 e. The number of ether oxygens (including phenoxy) is 1. The molecule has 0 aromatic heterocycles. The fourth-order valence-electron chi connectivity index (χ4n) is 0.964. The van der Waals surface area contributed by atoms with Crippen LogP contribution in [0.25, 0.3) is 0 Å². The largest absolute Gasteiger partial charge is 0.415 e. The summed E-state index contributed by atoms with van der Waals surface area (Å²) in [5.74, 6) is 0.578. The lowest BCUT2D eigenvalue weighted by atomic mass is 10.2. The molecule has 1 unspecified atom stereocenters. The summed E-state index contributed by atoms with van der Waals surface area (Å²) in [6.07, 6.45) is 0.858. The minimum Gasteiger partial charge on any atom is -0.415 e. The van der Waals surface area contributed by atoms with Crippen LogP contribution in [0.15, 0.2) is 0 Å². The third-order valence-electron chi connectivity index (χ3n) is 1.61. The molecule has 2 nitrogen and oxygen atoms in total. The molecular formula is C7H16O2Si. The molecule has 1 saturated heterocycles. The highest BCUT2D eigenvalue weighted by atomic mass is 28.4. The molecule has 1 fully saturated rings. The molecule has 1 aliphatic rings. The van der Waals surface area contributed by atoms with Gasteiger partial charge in [0.05, 0.1) is 12.8 Å². The van der Waals surface area contributed by atoms with Crippen LogP contribution in [0.1, 0.15) is 6.92 Å². The lowest BCUT2D eigenvalue weighted by Gasteiger charge is -2.18. The second-order valence-corrected chi connectivity index (χ2v) is 7.79. The van der Waals surface area contributed by atoms with Gasteiger partial charge in [-0.2, -0.15) is 0 Å². The van der Waals surface area contributed by atoms with Crippen LogP contribution in [0, 0.1) is 5.92 Å². The average Bonchev–Trinajstić information content (AvgIpc) is 1.94. The van der Waals surface area contributed by atoms with Crippen molar-refractivity contribution < 1.29 is 9.16 Å². The van der Waals surface area contributed by atoms with Crippen molar-refractivity contribution in [1.29, 1.82) is 0 Å². The van der Waals surface area contributed by atoms with Crippen LogP contribution in [0.2, 0.25) is 13.1 Å². The molecular weight excluding hydrogens is 144 g/mol. The van der Waals surface area contributed by atoms with Gasteiger partial charge < -0.3 is 9.16 Å². The van der Waals surface area contributed by atoms with Gasteiger partial charge >= 0.3 is 0 Å². The summed E-state index contributed by atoms with van der Waals surface area (Å²) < 4.78 is 11.2. The topological polar surface area (TPSA) is 18.5 Å². The van der Waals surface area contributed by atoms with Gasteiger partial charge in [-0.05, 0) is 13.1 Å². The van der Waals surface area contributed by atoms with E-state index < -0.39 is 8.32 Å². The SMILES string of the molecule is CC1COC[Si](C)(C)OC1. The van der Waals surface area contributed by atoms with Crippen molar-refractivity contribution in [3.8, 4) is 0 Å². The molecule has 0 saturated carbocycles. The van der Waals surface area contributed by atoms with E-state index in [1.807, 2.05) is 0 Å². The summed E-state index contributed by atoms with van der Waals surface area (Å²) >= 11 is 0. The molecule has 3 heteroatoms. The number of hydrogen-bond donors (Lipinski definition) is 0. The first-order chi connectivity index (χ1) is 4.60. The van der Waals surface area contributed by atoms with Gasteiger partial charge in [-0.1, -0.05) is 6.92 Å². The zero-order valence-electron chi connectivity index (χ0n) is 7.02. The fourth-order valence-corrected chi connectivity index (χ4v) is 2.39. The molecule has 0 N–H and O–H groups in total. The minimum atomic E-state index is -1.40. The van der Waals surface area contributed by atoms with Crippen LogP contribution < -0.4 is 0 Å². The van der Waals surface area contributed by atoms with Gasteiger partial charge in [-0.15, -0.1) is 0 Å². The molecule has 0 radical (unpaired) electrons. The molecule has 10 heavy (non-hydrogen) atoms. The highest BCUT2D eigenvalue weighted by Crippen LogP contribution is 2.12. The van der Waals surface area contributed by atoms with Crippen molar-refractivity contribution in [3.63, 3.8) is 0 Å². The van der Waals surface area contributed by atoms with Crippen LogP contribution in [-0.4, -0.2) is 27.8 Å². The molecule has 1 rings (SSSR count). The summed E-state index contributed by atoms with van der Waals surface area (Å²) in [7, 11) is -1.40. The molecule has 0 aromatic carbocycles. The van der Waals surface area contributed by atoms with Crippen LogP contribution >= 0.6 is 0 Å². The predicted molar refractivity (Wildman–Crippen MR) is 43.4 cm³/mol. The predicted octanol–water partition coefficient (Wildman–Crippen LogP) is 1.41. The molecule has 0 amide bonds. The maximum atomic E-state index is 5.72. The maximum Gasteiger partial charge on any atom is 0.211 e. The van der Waals surface area contributed by atoms with E-state index in [0.29, 0.717) is 5.92 Å². The Morgan fingerprint density at radius 3 is 2.70 bits per heavy atom. The Morgan fingerprint density at radius 1 is 1.30 bits per heavy atom. The van der Waals surface area contributed by atoms with Gasteiger partial charge in [-0.3, -0.25) is 0 Å². The molecule has 1 atom stereocenters. The van der Waals surface area contributed by atoms with Crippen molar-refractivity contribution >= 4 is 8.32 Å². The van der Waals surface area contributed by atoms with E-state index in [-0.39, 0.29) is 0 Å². The zero-order chi connectivity index (χ0) is 7.61. The molecule has 0 aliphatic carbocycles. The Hall–Kier alpha value is 0.137. The number of hydrogen-bond acceptors (Lipinski definition) is 2. The molecule has 60 valence electrons. The monoisotopic (exact) mass is 160 g/mol. The van der Waals surface area contributed by atoms with Crippen LogP contribution in [0.5, 0.6) is 0 Å². The zero-order valence-corrected chi connectivity index (χ0v) is 8.02. The minimum absolute atomic E-state index is 0.578. The van der Waals surface area contributed by atoms with Crippen LogP contribution in [0.4, 0.5) is 0 Å². The van der Waals surface area contributed by atoms with E-state index in [0.717, 1.165) is 19.4 Å². The standard InChI is InChI=1S/C7H16O2Si/c1-7-4-8-6-10(2,3)9-5-7/h7H,4-6H2,1-3H3. The van der Waals surface area contributed by atoms with Crippen molar-refractivity contribution in [2.24, 2.45) is 5.92 Å². The van der Waals surface area contributed by atoms with Crippen LogP contribution in [-0.2, 0) is 9.16 Å². The Balaban J connectivity index is 2.41. The first kappa shape index (κ1) is 8.24. The molecule has 0 aromatic rings. The molecule has 0 bridgehead atoms. The average molecular weight is 160 g/mol. The van der Waals surface area contributed by atoms with Gasteiger partial charge in [0, 0.05) is 12.5 Å². The van der Waals surface area contributed by atoms with Gasteiger partial charge in [0.25, 0.3) is 0 Å². The van der Waals surface area contributed by atoms with Crippen molar-refractivity contribution in [2.45, 2.75) is 20.0 Å². The lowest BCUT2D eigenvalue weighted by molar-refractivity contribution is 0.143. The van der Waals surface area contributed by atoms with E-state index >= 15 is 0 Å². The fraction of sp³-hybridized carbons (Fsp3) is 1.00. The Morgan fingerprint density at radius 2 is 2.00 bits per heavy atom. The summed E-state index contributed by atoms with van der Waals surface area (Å²) in [4.78, 5) is 0. The van der Waals surface area contributed by atoms with Crippen molar-refractivity contribution in [3.05, 3.63) is 0 Å². The van der Waals surface area contributed by atoms with E-state index in [1.165, 1.54) is 0 Å². The first-order valence-corrected chi connectivity index (χ1v) is 6.93. The molecule has 0 spiro atoms. The Labute approximate surface area is 63.7 Å². The third kappa shape index (κ3) is 2.40. The van der Waals surface area contributed by atoms with E-state index in [4.69, 9.17) is 9.16 Å². The second-order valence-electron chi connectivity index (χ2n) is 3.69. The second kappa shape index (κ2) is 3.03. The maximum absolute atomic E-state index is 5.72. The summed E-state index contributed by atoms with van der Waals surface area (Å²) in [6.45, 7) is 8.32. The van der Waals surface area contributed by atoms with Gasteiger partial charge in [0.15, 0.2) is 0 Å². The highest BCUT2D eigenvalue weighted by Gasteiger charge is 2.26. The third-order valence-corrected chi connectivity index (χ3v) is 3.46. The van der Waals surface area contributed by atoms with Crippen LogP contribution in [0.3, 0.4) is 0 Å². The number of rotatable bonds is 0. The molecule has 1 heterocycles. The van der Waals surface area contributed by atoms with Crippen molar-refractivity contribution in [1.82, 2.24) is 0 Å². The van der Waals surface area contributed by atoms with E-state index in [9.17, 15) is 0 Å². The lowest BCUT2D eigenvalue weighted by Crippen LogP contribution is -2.35. The van der Waals surface area contributed by atoms with E-state index in [2.05, 4.69) is 20.0 Å². The van der Waals surface area contributed by atoms with E-state index in [1.54, 1.807) is 0 Å². The summed E-state index contributed by atoms with van der Waals surface area (Å²) in [5.41, 5.74) is 0. The van der Waals surface area contributed by atoms with Crippen molar-refractivity contribution in [2.75, 3.05) is 19.4 Å². The molecule has 1 aliphatic heterocycles. The summed E-state index contributed by atoms with van der Waals surface area (Å²) in [6, 6.07) is 0. The quantitative estimate of drug-likeness (QED) is 0.499. The Kier molecular flexibility index (Phi) is 2.49. The highest BCUT2D eigenvalue weighted by molar-refractivity contribution is 6.71. The van der Waals surface area contributed by atoms with Gasteiger partial charge in [-0.25, -0.2) is 0 Å². The Bertz CT molecular complexity index is 114. The normalized spacial score (nSPS) is 33.3. The van der Waals surface area contributed by atoms with Gasteiger partial charge in [0.1, 0.15) is 0 Å². The van der Waals surface area contributed by atoms with Gasteiger partial charge in [0.2, 0.25) is 8.32 Å².